The molecule has 9 heteroatoms. The average Bonchev–Trinajstić information content (AvgIpc) is 3.03. The van der Waals surface area contributed by atoms with Gasteiger partial charge < -0.3 is 9.73 Å². The summed E-state index contributed by atoms with van der Waals surface area (Å²) in [5.74, 6) is -0.755. The summed E-state index contributed by atoms with van der Waals surface area (Å²) in [5, 5.41) is 3.48. The number of anilines is 1. The lowest BCUT2D eigenvalue weighted by atomic mass is 10.0. The number of rotatable bonds is 4. The van der Waals surface area contributed by atoms with E-state index in [4.69, 9.17) is 4.42 Å². The fourth-order valence-electron chi connectivity index (χ4n) is 3.15. The van der Waals surface area contributed by atoms with Gasteiger partial charge in [-0.1, -0.05) is 18.2 Å². The van der Waals surface area contributed by atoms with Gasteiger partial charge in [0.25, 0.3) is 10.0 Å². The molecular formula is C19H17N3O5S. The van der Waals surface area contributed by atoms with Gasteiger partial charge in [0.05, 0.1) is 4.90 Å². The van der Waals surface area contributed by atoms with Crippen LogP contribution < -0.4 is 15.6 Å². The van der Waals surface area contributed by atoms with Crippen molar-refractivity contribution in [2.45, 2.75) is 24.7 Å². The summed E-state index contributed by atoms with van der Waals surface area (Å²) >= 11 is 0. The molecule has 8 nitrogen and oxygen atoms in total. The van der Waals surface area contributed by atoms with Gasteiger partial charge in [-0.15, -0.1) is 4.83 Å². The van der Waals surface area contributed by atoms with Crippen LogP contribution in [0.1, 0.15) is 28.1 Å². The highest BCUT2D eigenvalue weighted by molar-refractivity contribution is 7.89. The number of hydrogen-bond acceptors (Lipinski definition) is 5. The molecule has 2 heterocycles. The van der Waals surface area contributed by atoms with Crippen molar-refractivity contribution in [2.24, 2.45) is 0 Å². The predicted octanol–water partition coefficient (Wildman–Crippen LogP) is 2.25. The Kier molecular flexibility index (Phi) is 4.40. The normalized spacial score (nSPS) is 13.8. The van der Waals surface area contributed by atoms with Crippen molar-refractivity contribution in [1.82, 2.24) is 10.3 Å². The van der Waals surface area contributed by atoms with E-state index in [9.17, 15) is 18.0 Å². The summed E-state index contributed by atoms with van der Waals surface area (Å²) in [6, 6.07) is 11.5. The Bertz CT molecular complexity index is 1210. The third-order valence-electron chi connectivity index (χ3n) is 4.63. The molecule has 144 valence electrons. The minimum Gasteiger partial charge on any atom is -0.451 e. The van der Waals surface area contributed by atoms with Gasteiger partial charge in [-0.25, -0.2) is 8.42 Å². The first-order valence-electron chi connectivity index (χ1n) is 8.58. The number of para-hydroxylation sites is 1. The van der Waals surface area contributed by atoms with Crippen molar-refractivity contribution < 1.29 is 22.4 Å². The molecule has 28 heavy (non-hydrogen) atoms. The van der Waals surface area contributed by atoms with E-state index in [1.807, 2.05) is 12.1 Å². The van der Waals surface area contributed by atoms with Crippen LogP contribution in [-0.2, 0) is 21.2 Å². The summed E-state index contributed by atoms with van der Waals surface area (Å²) in [4.78, 5) is 25.9. The van der Waals surface area contributed by atoms with Crippen molar-refractivity contribution in [2.75, 3.05) is 5.32 Å². The van der Waals surface area contributed by atoms with E-state index in [0.717, 1.165) is 10.9 Å². The Labute approximate surface area is 160 Å². The molecule has 2 amide bonds. The quantitative estimate of drug-likeness (QED) is 0.582. The number of carbonyl (C=O) groups is 2. The molecule has 1 aromatic heterocycles. The molecule has 0 bridgehead atoms. The summed E-state index contributed by atoms with van der Waals surface area (Å²) in [6.07, 6.45) is 0.751. The van der Waals surface area contributed by atoms with Crippen LogP contribution in [0.3, 0.4) is 0 Å². The van der Waals surface area contributed by atoms with Crippen LogP contribution in [0.5, 0.6) is 0 Å². The zero-order valence-corrected chi connectivity index (χ0v) is 15.7. The SMILES string of the molecule is Cc1c(C(=O)NNS(=O)(=O)c2ccc3c(c2)CCC(=O)N3)oc2ccccc12. The lowest BCUT2D eigenvalue weighted by Crippen LogP contribution is -2.41. The molecule has 0 aliphatic carbocycles. The van der Waals surface area contributed by atoms with E-state index in [1.165, 1.54) is 18.2 Å². The number of amides is 2. The second-order valence-electron chi connectivity index (χ2n) is 6.48. The van der Waals surface area contributed by atoms with E-state index < -0.39 is 15.9 Å². The molecule has 2 aromatic carbocycles. The summed E-state index contributed by atoms with van der Waals surface area (Å²) in [6.45, 7) is 1.73. The predicted molar refractivity (Wildman–Crippen MR) is 102 cm³/mol. The van der Waals surface area contributed by atoms with Crippen molar-refractivity contribution in [3.8, 4) is 0 Å². The Morgan fingerprint density at radius 2 is 1.93 bits per heavy atom. The maximum atomic E-state index is 12.5. The van der Waals surface area contributed by atoms with Crippen molar-refractivity contribution in [1.29, 1.82) is 0 Å². The minimum atomic E-state index is -3.99. The highest BCUT2D eigenvalue weighted by Gasteiger charge is 2.22. The summed E-state index contributed by atoms with van der Waals surface area (Å²) < 4.78 is 30.6. The number of aryl methyl sites for hydroxylation is 2. The molecule has 0 saturated heterocycles. The number of furan rings is 1. The van der Waals surface area contributed by atoms with Gasteiger partial charge in [0.1, 0.15) is 5.58 Å². The molecule has 0 spiro atoms. The Balaban J connectivity index is 1.53. The van der Waals surface area contributed by atoms with Crippen molar-refractivity contribution in [3.05, 3.63) is 59.4 Å². The third kappa shape index (κ3) is 3.25. The molecule has 0 unspecified atom stereocenters. The van der Waals surface area contributed by atoms with Crippen LogP contribution in [0.4, 0.5) is 5.69 Å². The lowest BCUT2D eigenvalue weighted by Gasteiger charge is -2.17. The maximum absolute atomic E-state index is 12.5. The minimum absolute atomic E-state index is 0.0102. The van der Waals surface area contributed by atoms with Gasteiger partial charge in [-0.2, -0.15) is 0 Å². The monoisotopic (exact) mass is 399 g/mol. The van der Waals surface area contributed by atoms with E-state index >= 15 is 0 Å². The van der Waals surface area contributed by atoms with E-state index in [1.54, 1.807) is 19.1 Å². The number of nitrogens with one attached hydrogen (secondary N) is 3. The molecule has 3 aromatic rings. The van der Waals surface area contributed by atoms with Crippen LogP contribution >= 0.6 is 0 Å². The van der Waals surface area contributed by atoms with Gasteiger partial charge in [0, 0.05) is 23.1 Å². The van der Waals surface area contributed by atoms with Crippen LogP contribution in [0.15, 0.2) is 51.8 Å². The molecule has 4 rings (SSSR count). The zero-order chi connectivity index (χ0) is 19.9. The second kappa shape index (κ2) is 6.77. The second-order valence-corrected chi connectivity index (χ2v) is 8.16. The van der Waals surface area contributed by atoms with Crippen molar-refractivity contribution in [3.63, 3.8) is 0 Å². The molecule has 3 N–H and O–H groups in total. The number of carbonyl (C=O) groups excluding carboxylic acids is 2. The van der Waals surface area contributed by atoms with Gasteiger partial charge in [-0.05, 0) is 43.2 Å². The number of benzene rings is 2. The number of sulfonamides is 1. The van der Waals surface area contributed by atoms with E-state index in [2.05, 4.69) is 15.6 Å². The van der Waals surface area contributed by atoms with Crippen molar-refractivity contribution >= 4 is 38.5 Å². The fraction of sp³-hybridized carbons (Fsp3) is 0.158. The first kappa shape index (κ1) is 18.2. The highest BCUT2D eigenvalue weighted by Crippen LogP contribution is 2.26. The maximum Gasteiger partial charge on any atom is 0.302 e. The molecular weight excluding hydrogens is 382 g/mol. The lowest BCUT2D eigenvalue weighted by molar-refractivity contribution is -0.116. The molecule has 0 saturated carbocycles. The van der Waals surface area contributed by atoms with Gasteiger partial charge >= 0.3 is 5.91 Å². The largest absolute Gasteiger partial charge is 0.451 e. The first-order chi connectivity index (χ1) is 13.3. The van der Waals surface area contributed by atoms with Gasteiger partial charge in [-0.3, -0.25) is 15.0 Å². The molecule has 0 radical (unpaired) electrons. The van der Waals surface area contributed by atoms with Gasteiger partial charge in [0.2, 0.25) is 5.91 Å². The topological polar surface area (TPSA) is 118 Å². The summed E-state index contributed by atoms with van der Waals surface area (Å²) in [7, 11) is -3.99. The Morgan fingerprint density at radius 1 is 1.14 bits per heavy atom. The molecule has 0 atom stereocenters. The zero-order valence-electron chi connectivity index (χ0n) is 14.9. The van der Waals surface area contributed by atoms with Crippen LogP contribution in [0.2, 0.25) is 0 Å². The Hall–Kier alpha value is -3.17. The summed E-state index contributed by atoms with van der Waals surface area (Å²) in [5.41, 5.74) is 4.67. The fourth-order valence-corrected chi connectivity index (χ4v) is 4.04. The highest BCUT2D eigenvalue weighted by atomic mass is 32.2. The Morgan fingerprint density at radius 3 is 2.71 bits per heavy atom. The molecule has 1 aliphatic rings. The smallest absolute Gasteiger partial charge is 0.302 e. The number of fused-ring (bicyclic) bond motifs is 2. The number of hydrogen-bond donors (Lipinski definition) is 3. The molecule has 0 fully saturated rings. The molecule has 1 aliphatic heterocycles. The number of hydrazine groups is 1. The van der Waals surface area contributed by atoms with Gasteiger partial charge in [0.15, 0.2) is 5.76 Å². The van der Waals surface area contributed by atoms with Crippen LogP contribution in [0.25, 0.3) is 11.0 Å². The van der Waals surface area contributed by atoms with Crippen LogP contribution in [0, 0.1) is 6.92 Å². The van der Waals surface area contributed by atoms with E-state index in [-0.39, 0.29) is 16.6 Å². The van der Waals surface area contributed by atoms with Crippen LogP contribution in [-0.4, -0.2) is 20.2 Å². The first-order valence-corrected chi connectivity index (χ1v) is 10.1. The third-order valence-corrected chi connectivity index (χ3v) is 5.88. The standard InChI is InChI=1S/C19H17N3O5S/c1-11-14-4-2-3-5-16(14)27-18(11)19(24)21-22-28(25,26)13-7-8-15-12(10-13)6-9-17(23)20-15/h2-5,7-8,10,22H,6,9H2,1H3,(H,20,23)(H,21,24). The average molecular weight is 399 g/mol. The van der Waals surface area contributed by atoms with E-state index in [0.29, 0.717) is 29.7 Å².